The van der Waals surface area contributed by atoms with Gasteiger partial charge in [-0.05, 0) is 32.6 Å². The van der Waals surface area contributed by atoms with Crippen LogP contribution >= 0.6 is 0 Å². The predicted octanol–water partition coefficient (Wildman–Crippen LogP) is 1.53. The van der Waals surface area contributed by atoms with Gasteiger partial charge < -0.3 is 15.5 Å². The van der Waals surface area contributed by atoms with Crippen molar-refractivity contribution in [2.24, 2.45) is 5.41 Å². The molecule has 3 N–H and O–H groups in total. The second kappa shape index (κ2) is 5.28. The van der Waals surface area contributed by atoms with E-state index in [0.717, 1.165) is 6.42 Å². The Balaban J connectivity index is 3.87. The Morgan fingerprint density at radius 1 is 1.13 bits per heavy atom. The Labute approximate surface area is 93.9 Å². The van der Waals surface area contributed by atoms with E-state index in [9.17, 15) is 10.2 Å². The number of nitrogens with one attached hydrogen (secondary N) is 1. The van der Waals surface area contributed by atoms with E-state index >= 15 is 0 Å². The van der Waals surface area contributed by atoms with Crippen LogP contribution in [0.15, 0.2) is 0 Å². The van der Waals surface area contributed by atoms with Gasteiger partial charge in [0, 0.05) is 12.6 Å². The molecule has 92 valence electrons. The number of aliphatic hydroxyl groups is 2. The quantitative estimate of drug-likeness (QED) is 0.654. The lowest BCUT2D eigenvalue weighted by Crippen LogP contribution is -2.47. The summed E-state index contributed by atoms with van der Waals surface area (Å²) in [5.41, 5.74) is -0.611. The summed E-state index contributed by atoms with van der Waals surface area (Å²) >= 11 is 0. The van der Waals surface area contributed by atoms with Crippen molar-refractivity contribution in [1.82, 2.24) is 5.32 Å². The lowest BCUT2D eigenvalue weighted by molar-refractivity contribution is 0.0355. The zero-order chi connectivity index (χ0) is 12.3. The van der Waals surface area contributed by atoms with Crippen LogP contribution in [-0.4, -0.2) is 34.5 Å². The molecule has 0 saturated carbocycles. The van der Waals surface area contributed by atoms with Crippen LogP contribution in [-0.2, 0) is 0 Å². The second-order valence-electron chi connectivity index (χ2n) is 6.20. The first-order valence-electron chi connectivity index (χ1n) is 5.66. The fourth-order valence-corrected chi connectivity index (χ4v) is 1.34. The van der Waals surface area contributed by atoms with E-state index in [4.69, 9.17) is 0 Å². The van der Waals surface area contributed by atoms with Crippen LogP contribution in [0.2, 0.25) is 0 Å². The van der Waals surface area contributed by atoms with Gasteiger partial charge >= 0.3 is 0 Å². The van der Waals surface area contributed by atoms with Gasteiger partial charge in [0.1, 0.15) is 0 Å². The topological polar surface area (TPSA) is 52.5 Å². The molecule has 0 radical (unpaired) electrons. The molecule has 3 nitrogen and oxygen atoms in total. The first kappa shape index (κ1) is 14.9. The van der Waals surface area contributed by atoms with Gasteiger partial charge in [-0.2, -0.15) is 0 Å². The highest BCUT2D eigenvalue weighted by Gasteiger charge is 2.23. The Morgan fingerprint density at radius 3 is 1.93 bits per heavy atom. The molecule has 0 aromatic carbocycles. The lowest BCUT2D eigenvalue weighted by Gasteiger charge is -2.29. The van der Waals surface area contributed by atoms with E-state index in [1.165, 1.54) is 0 Å². The molecule has 0 spiro atoms. The van der Waals surface area contributed by atoms with Crippen molar-refractivity contribution in [3.8, 4) is 0 Å². The van der Waals surface area contributed by atoms with Gasteiger partial charge in [-0.15, -0.1) is 0 Å². The summed E-state index contributed by atoms with van der Waals surface area (Å²) in [6.07, 6.45) is 0.410. The van der Waals surface area contributed by atoms with Crippen LogP contribution in [0.25, 0.3) is 0 Å². The van der Waals surface area contributed by atoms with Gasteiger partial charge in [0.2, 0.25) is 0 Å². The molecule has 0 aliphatic heterocycles. The molecule has 0 bridgehead atoms. The largest absolute Gasteiger partial charge is 0.392 e. The average Bonchev–Trinajstić information content (AvgIpc) is 1.94. The molecule has 0 aromatic heterocycles. The normalized spacial score (nSPS) is 17.6. The molecule has 0 fully saturated rings. The van der Waals surface area contributed by atoms with Crippen LogP contribution in [0.3, 0.4) is 0 Å². The third-order valence-electron chi connectivity index (χ3n) is 2.57. The fraction of sp³-hybridized carbons (Fsp3) is 1.00. The summed E-state index contributed by atoms with van der Waals surface area (Å²) < 4.78 is 0. The van der Waals surface area contributed by atoms with E-state index in [1.54, 1.807) is 13.8 Å². The van der Waals surface area contributed by atoms with Crippen molar-refractivity contribution >= 4 is 0 Å². The molecule has 2 unspecified atom stereocenters. The van der Waals surface area contributed by atoms with Gasteiger partial charge in [0.15, 0.2) is 0 Å². The van der Waals surface area contributed by atoms with Crippen LogP contribution in [0.4, 0.5) is 0 Å². The number of hydrogen-bond donors (Lipinski definition) is 3. The van der Waals surface area contributed by atoms with Gasteiger partial charge in [-0.1, -0.05) is 20.8 Å². The molecule has 2 atom stereocenters. The predicted molar refractivity (Wildman–Crippen MR) is 63.8 cm³/mol. The number of aliphatic hydroxyl groups excluding tert-OH is 1. The van der Waals surface area contributed by atoms with Crippen LogP contribution < -0.4 is 5.32 Å². The summed E-state index contributed by atoms with van der Waals surface area (Å²) in [6, 6.07) is -0.0212. The minimum atomic E-state index is -0.749. The molecule has 0 amide bonds. The van der Waals surface area contributed by atoms with Gasteiger partial charge in [0.25, 0.3) is 0 Å². The Kier molecular flexibility index (Phi) is 5.24. The molecule has 0 saturated heterocycles. The SMILES string of the molecule is CC(NCC(O)CC(C)(C)C)C(C)(C)O. The molecular formula is C12H27NO2. The molecule has 0 rings (SSSR count). The number of rotatable bonds is 5. The highest BCUT2D eigenvalue weighted by molar-refractivity contribution is 4.81. The maximum Gasteiger partial charge on any atom is 0.0741 e. The first-order valence-corrected chi connectivity index (χ1v) is 5.66. The van der Waals surface area contributed by atoms with Crippen molar-refractivity contribution < 1.29 is 10.2 Å². The van der Waals surface area contributed by atoms with E-state index in [-0.39, 0.29) is 17.6 Å². The second-order valence-corrected chi connectivity index (χ2v) is 6.20. The van der Waals surface area contributed by atoms with Gasteiger partial charge in [0.05, 0.1) is 11.7 Å². The Hall–Kier alpha value is -0.120. The lowest BCUT2D eigenvalue weighted by atomic mass is 9.89. The maximum atomic E-state index is 9.76. The number of hydrogen-bond acceptors (Lipinski definition) is 3. The average molecular weight is 217 g/mol. The third kappa shape index (κ3) is 7.77. The summed E-state index contributed by atoms with van der Waals surface area (Å²) in [4.78, 5) is 0. The molecule has 0 heterocycles. The fourth-order valence-electron chi connectivity index (χ4n) is 1.34. The smallest absolute Gasteiger partial charge is 0.0741 e. The molecular weight excluding hydrogens is 190 g/mol. The summed E-state index contributed by atoms with van der Waals surface area (Å²) in [7, 11) is 0. The maximum absolute atomic E-state index is 9.76. The minimum absolute atomic E-state index is 0.0212. The van der Waals surface area contributed by atoms with E-state index in [1.807, 2.05) is 6.92 Å². The molecule has 0 aliphatic carbocycles. The zero-order valence-corrected chi connectivity index (χ0v) is 11.0. The van der Waals surface area contributed by atoms with E-state index < -0.39 is 5.60 Å². The standard InChI is InChI=1S/C12H27NO2/c1-9(12(5,6)15)13-8-10(14)7-11(2,3)4/h9-10,13-15H,7-8H2,1-6H3. The van der Waals surface area contributed by atoms with E-state index in [2.05, 4.69) is 26.1 Å². The first-order chi connectivity index (χ1) is 6.52. The van der Waals surface area contributed by atoms with Crippen LogP contribution in [0.1, 0.15) is 48.0 Å². The zero-order valence-electron chi connectivity index (χ0n) is 11.0. The van der Waals surface area contributed by atoms with Crippen molar-refractivity contribution in [1.29, 1.82) is 0 Å². The van der Waals surface area contributed by atoms with Gasteiger partial charge in [-0.3, -0.25) is 0 Å². The third-order valence-corrected chi connectivity index (χ3v) is 2.57. The molecule has 15 heavy (non-hydrogen) atoms. The summed E-state index contributed by atoms with van der Waals surface area (Å²) in [5, 5.41) is 22.6. The van der Waals surface area contributed by atoms with Crippen LogP contribution in [0.5, 0.6) is 0 Å². The molecule has 0 aliphatic rings. The monoisotopic (exact) mass is 217 g/mol. The summed E-state index contributed by atoms with van der Waals surface area (Å²) in [6.45, 7) is 12.3. The van der Waals surface area contributed by atoms with Gasteiger partial charge in [-0.25, -0.2) is 0 Å². The Bertz CT molecular complexity index is 179. The van der Waals surface area contributed by atoms with Crippen LogP contribution in [0, 0.1) is 5.41 Å². The molecule has 3 heteroatoms. The van der Waals surface area contributed by atoms with Crippen molar-refractivity contribution in [3.63, 3.8) is 0 Å². The minimum Gasteiger partial charge on any atom is -0.392 e. The van der Waals surface area contributed by atoms with Crippen molar-refractivity contribution in [2.45, 2.75) is 65.7 Å². The Morgan fingerprint density at radius 2 is 1.60 bits per heavy atom. The van der Waals surface area contributed by atoms with Crippen molar-refractivity contribution in [3.05, 3.63) is 0 Å². The highest BCUT2D eigenvalue weighted by atomic mass is 16.3. The highest BCUT2D eigenvalue weighted by Crippen LogP contribution is 2.20. The summed E-state index contributed by atoms with van der Waals surface area (Å²) in [5.74, 6) is 0. The van der Waals surface area contributed by atoms with E-state index in [0.29, 0.717) is 6.54 Å². The molecule has 0 aromatic rings. The van der Waals surface area contributed by atoms with Crippen molar-refractivity contribution in [2.75, 3.05) is 6.54 Å².